The van der Waals surface area contributed by atoms with Crippen molar-refractivity contribution in [2.24, 2.45) is 11.3 Å². The van der Waals surface area contributed by atoms with Crippen LogP contribution in [-0.2, 0) is 10.2 Å². The molecule has 0 aliphatic carbocycles. The van der Waals surface area contributed by atoms with Gasteiger partial charge in [0.15, 0.2) is 0 Å². The third-order valence-corrected chi connectivity index (χ3v) is 5.10. The highest BCUT2D eigenvalue weighted by molar-refractivity contribution is 5.67. The van der Waals surface area contributed by atoms with Crippen molar-refractivity contribution in [3.05, 3.63) is 108 Å². The van der Waals surface area contributed by atoms with E-state index in [9.17, 15) is 4.79 Å². The van der Waals surface area contributed by atoms with Gasteiger partial charge in [-0.3, -0.25) is 4.79 Å². The summed E-state index contributed by atoms with van der Waals surface area (Å²) in [5, 5.41) is 0. The van der Waals surface area contributed by atoms with Crippen molar-refractivity contribution in [3.8, 4) is 0 Å². The molecule has 0 saturated carbocycles. The van der Waals surface area contributed by atoms with E-state index in [0.29, 0.717) is 0 Å². The van der Waals surface area contributed by atoms with E-state index < -0.39 is 5.41 Å². The number of hydrogen-bond donors (Lipinski definition) is 0. The van der Waals surface area contributed by atoms with Crippen molar-refractivity contribution >= 4 is 6.29 Å². The number of benzene rings is 3. The molecule has 0 aliphatic rings. The smallest absolute Gasteiger partial charge is 0.203 e. The second-order valence-corrected chi connectivity index (χ2v) is 7.82. The maximum atomic E-state index is 12.4. The van der Waals surface area contributed by atoms with Crippen LogP contribution in [0.1, 0.15) is 37.5 Å². The van der Waals surface area contributed by atoms with Crippen LogP contribution in [0, 0.1) is 11.3 Å². The number of carbonyl (C=O) groups excluding carboxylic acids is 1. The van der Waals surface area contributed by atoms with Crippen LogP contribution in [0.2, 0.25) is 0 Å². The Balaban J connectivity index is 2.45. The zero-order valence-electron chi connectivity index (χ0n) is 15.6. The van der Waals surface area contributed by atoms with Crippen molar-refractivity contribution in [2.45, 2.75) is 26.2 Å². The Hall–Kier alpha value is -2.67. The predicted molar refractivity (Wildman–Crippen MR) is 108 cm³/mol. The van der Waals surface area contributed by atoms with Gasteiger partial charge in [-0.25, -0.2) is 0 Å². The van der Waals surface area contributed by atoms with Gasteiger partial charge in [0.2, 0.25) is 6.29 Å². The molecule has 0 N–H and O–H groups in total. The van der Waals surface area contributed by atoms with Crippen LogP contribution in [0.15, 0.2) is 91.0 Å². The van der Waals surface area contributed by atoms with E-state index in [-0.39, 0.29) is 11.3 Å². The first-order valence-corrected chi connectivity index (χ1v) is 9.05. The first-order valence-electron chi connectivity index (χ1n) is 9.05. The van der Waals surface area contributed by atoms with E-state index in [4.69, 9.17) is 0 Å². The van der Waals surface area contributed by atoms with Gasteiger partial charge < -0.3 is 0 Å². The minimum absolute atomic E-state index is 0.261. The quantitative estimate of drug-likeness (QED) is 0.537. The molecule has 0 fully saturated rings. The van der Waals surface area contributed by atoms with Crippen LogP contribution >= 0.6 is 0 Å². The molecule has 0 bridgehead atoms. The highest BCUT2D eigenvalue weighted by Crippen LogP contribution is 2.50. The Morgan fingerprint density at radius 2 is 0.923 bits per heavy atom. The highest BCUT2D eigenvalue weighted by Gasteiger charge is 2.49. The standard InChI is InChI=1S/C25H25O/c1-24(2,3)23(19-26)25(20-13-7-4-8-14-20,21-15-9-5-10-16-21)22-17-11-6-12-18-22/h4-18,23H,1-3H3. The summed E-state index contributed by atoms with van der Waals surface area (Å²) >= 11 is 0. The zero-order valence-corrected chi connectivity index (χ0v) is 15.6. The first kappa shape index (κ1) is 18.1. The van der Waals surface area contributed by atoms with Crippen LogP contribution < -0.4 is 0 Å². The van der Waals surface area contributed by atoms with Gasteiger partial charge in [-0.15, -0.1) is 0 Å². The van der Waals surface area contributed by atoms with E-state index in [1.54, 1.807) is 0 Å². The average molecular weight is 341 g/mol. The van der Waals surface area contributed by atoms with Gasteiger partial charge in [0.05, 0.1) is 5.41 Å². The van der Waals surface area contributed by atoms with Crippen LogP contribution in [0.4, 0.5) is 0 Å². The topological polar surface area (TPSA) is 17.1 Å². The molecule has 3 aromatic rings. The van der Waals surface area contributed by atoms with Crippen molar-refractivity contribution in [1.29, 1.82) is 0 Å². The lowest BCUT2D eigenvalue weighted by atomic mass is 9.56. The Morgan fingerprint density at radius 1 is 0.615 bits per heavy atom. The lowest BCUT2D eigenvalue weighted by Crippen LogP contribution is -2.45. The Labute approximate surface area is 156 Å². The summed E-state index contributed by atoms with van der Waals surface area (Å²) in [5.74, 6) is -0.345. The summed E-state index contributed by atoms with van der Waals surface area (Å²) in [5.41, 5.74) is 2.48. The van der Waals surface area contributed by atoms with E-state index in [1.807, 2.05) is 54.6 Å². The van der Waals surface area contributed by atoms with Gasteiger partial charge in [0, 0.05) is 5.92 Å². The Kier molecular flexibility index (Phi) is 5.08. The third kappa shape index (κ3) is 3.10. The Morgan fingerprint density at radius 3 is 1.15 bits per heavy atom. The fourth-order valence-corrected chi connectivity index (χ4v) is 4.02. The van der Waals surface area contributed by atoms with Gasteiger partial charge in [0.25, 0.3) is 0 Å². The fraction of sp³-hybridized carbons (Fsp3) is 0.240. The normalized spacial score (nSPS) is 13.2. The summed E-state index contributed by atoms with van der Waals surface area (Å²) in [7, 11) is 0. The minimum Gasteiger partial charge on any atom is -0.290 e. The molecule has 0 aromatic heterocycles. The van der Waals surface area contributed by atoms with Crippen LogP contribution in [-0.4, -0.2) is 6.29 Å². The van der Waals surface area contributed by atoms with E-state index >= 15 is 0 Å². The summed E-state index contributed by atoms with van der Waals surface area (Å²) < 4.78 is 0. The van der Waals surface area contributed by atoms with Crippen molar-refractivity contribution < 1.29 is 4.79 Å². The molecule has 3 rings (SSSR count). The lowest BCUT2D eigenvalue weighted by Gasteiger charge is -2.45. The molecule has 1 unspecified atom stereocenters. The molecule has 0 spiro atoms. The number of rotatable bonds is 5. The summed E-state index contributed by atoms with van der Waals surface area (Å²) in [6.07, 6.45) is 2.43. The van der Waals surface area contributed by atoms with Crippen LogP contribution in [0.25, 0.3) is 0 Å². The maximum Gasteiger partial charge on any atom is 0.203 e. The molecule has 3 aromatic carbocycles. The molecule has 1 heteroatoms. The molecular weight excluding hydrogens is 316 g/mol. The first-order chi connectivity index (χ1) is 12.5. The molecule has 26 heavy (non-hydrogen) atoms. The molecule has 1 atom stereocenters. The number of hydrogen-bond acceptors (Lipinski definition) is 1. The minimum atomic E-state index is -0.593. The SMILES string of the molecule is CC(C)(C)C([C]=O)C(c1ccccc1)(c1ccccc1)c1ccccc1. The summed E-state index contributed by atoms with van der Waals surface area (Å²) in [6, 6.07) is 31.0. The molecule has 131 valence electrons. The van der Waals surface area contributed by atoms with Gasteiger partial charge in [-0.2, -0.15) is 0 Å². The van der Waals surface area contributed by atoms with Gasteiger partial charge in [-0.1, -0.05) is 112 Å². The van der Waals surface area contributed by atoms with E-state index in [0.717, 1.165) is 16.7 Å². The van der Waals surface area contributed by atoms with Crippen molar-refractivity contribution in [1.82, 2.24) is 0 Å². The molecule has 0 saturated heterocycles. The van der Waals surface area contributed by atoms with E-state index in [1.165, 1.54) is 0 Å². The lowest BCUT2D eigenvalue weighted by molar-refractivity contribution is 0.236. The second-order valence-electron chi connectivity index (χ2n) is 7.82. The molecule has 1 nitrogen and oxygen atoms in total. The maximum absolute atomic E-state index is 12.4. The zero-order chi connectivity index (χ0) is 18.6. The molecule has 0 aliphatic heterocycles. The van der Waals surface area contributed by atoms with Gasteiger partial charge in [0.1, 0.15) is 0 Å². The van der Waals surface area contributed by atoms with Gasteiger partial charge in [-0.05, 0) is 22.1 Å². The van der Waals surface area contributed by atoms with Crippen molar-refractivity contribution in [2.75, 3.05) is 0 Å². The summed E-state index contributed by atoms with van der Waals surface area (Å²) in [6.45, 7) is 6.35. The molecule has 0 amide bonds. The van der Waals surface area contributed by atoms with Gasteiger partial charge >= 0.3 is 0 Å². The predicted octanol–water partition coefficient (Wildman–Crippen LogP) is 5.79. The molecular formula is C25H25O. The summed E-state index contributed by atoms with van der Waals surface area (Å²) in [4.78, 5) is 12.4. The average Bonchev–Trinajstić information content (AvgIpc) is 2.67. The highest BCUT2D eigenvalue weighted by atomic mass is 16.1. The van der Waals surface area contributed by atoms with Crippen LogP contribution in [0.3, 0.4) is 0 Å². The Bertz CT molecular complexity index is 733. The van der Waals surface area contributed by atoms with Crippen LogP contribution in [0.5, 0.6) is 0 Å². The molecule has 0 heterocycles. The van der Waals surface area contributed by atoms with Crippen molar-refractivity contribution in [3.63, 3.8) is 0 Å². The monoisotopic (exact) mass is 341 g/mol. The largest absolute Gasteiger partial charge is 0.290 e. The van der Waals surface area contributed by atoms with E-state index in [2.05, 4.69) is 63.5 Å². The molecule has 1 radical (unpaired) electrons. The fourth-order valence-electron chi connectivity index (χ4n) is 4.02. The third-order valence-electron chi connectivity index (χ3n) is 5.10. The second kappa shape index (κ2) is 7.29.